The Morgan fingerprint density at radius 1 is 0.449 bits per heavy atom. The molecule has 0 fully saturated rings. The fourth-order valence-corrected chi connectivity index (χ4v) is 14.1. The first-order chi connectivity index (χ1) is 33.7. The third-order valence-electron chi connectivity index (χ3n) is 15.9. The summed E-state index contributed by atoms with van der Waals surface area (Å²) in [7, 11) is 0. The predicted molar refractivity (Wildman–Crippen MR) is 295 cm³/mol. The molecule has 2 aliphatic carbocycles. The SMILES string of the molecule is Cc1cc2c3c(c1)N(c1ccc(C(C)C)cc1)c1c(sc4cc5c(cc14)-c1ccc(C)cc1C51c4ccccc4-c4ccccc41)B3c1ccc(-c3ccccc3)cc1N2c1ccc(C(C)C)cc1. The van der Waals surface area contributed by atoms with Crippen LogP contribution < -0.4 is 25.5 Å². The smallest absolute Gasteiger partial charge is 0.264 e. The van der Waals surface area contributed by atoms with Crippen molar-refractivity contribution in [2.45, 2.75) is 58.8 Å². The van der Waals surface area contributed by atoms with E-state index in [4.69, 9.17) is 0 Å². The Balaban J connectivity index is 1.08. The van der Waals surface area contributed by atoms with E-state index in [1.807, 2.05) is 11.3 Å². The lowest BCUT2D eigenvalue weighted by Crippen LogP contribution is -2.60. The van der Waals surface area contributed by atoms with Gasteiger partial charge in [0.15, 0.2) is 0 Å². The van der Waals surface area contributed by atoms with E-state index in [0.717, 1.165) is 0 Å². The molecule has 0 bridgehead atoms. The molecule has 0 unspecified atom stereocenters. The van der Waals surface area contributed by atoms with Gasteiger partial charge >= 0.3 is 0 Å². The Bertz CT molecular complexity index is 3720. The first-order valence-electron chi connectivity index (χ1n) is 24.7. The van der Waals surface area contributed by atoms with Gasteiger partial charge in [0, 0.05) is 43.3 Å². The van der Waals surface area contributed by atoms with Gasteiger partial charge in [-0.05, 0) is 164 Å². The molecule has 0 saturated heterocycles. The van der Waals surface area contributed by atoms with Gasteiger partial charge in [0.25, 0.3) is 6.71 Å². The van der Waals surface area contributed by atoms with E-state index in [1.165, 1.54) is 138 Å². The van der Waals surface area contributed by atoms with E-state index in [0.29, 0.717) is 11.8 Å². The van der Waals surface area contributed by atoms with Crippen LogP contribution in [0.5, 0.6) is 0 Å². The number of hydrogen-bond donors (Lipinski definition) is 0. The summed E-state index contributed by atoms with van der Waals surface area (Å²) < 4.78 is 2.72. The van der Waals surface area contributed by atoms with E-state index in [2.05, 4.69) is 239 Å². The van der Waals surface area contributed by atoms with Crippen LogP contribution in [-0.2, 0) is 5.41 Å². The monoisotopic (exact) mass is 902 g/mol. The molecule has 69 heavy (non-hydrogen) atoms. The maximum absolute atomic E-state index is 2.64. The van der Waals surface area contributed by atoms with Crippen LogP contribution in [-0.4, -0.2) is 6.71 Å². The van der Waals surface area contributed by atoms with Gasteiger partial charge in [0.1, 0.15) is 0 Å². The van der Waals surface area contributed by atoms with Crippen LogP contribution in [0.4, 0.5) is 34.1 Å². The zero-order valence-corrected chi connectivity index (χ0v) is 40.7. The summed E-state index contributed by atoms with van der Waals surface area (Å²) in [6.07, 6.45) is 0. The normalized spacial score (nSPS) is 14.2. The van der Waals surface area contributed by atoms with E-state index in [9.17, 15) is 0 Å². The van der Waals surface area contributed by atoms with E-state index >= 15 is 0 Å². The highest BCUT2D eigenvalue weighted by Gasteiger charge is 2.53. The van der Waals surface area contributed by atoms with Crippen LogP contribution in [0.1, 0.15) is 84.0 Å². The number of fused-ring (bicyclic) bond motifs is 16. The third kappa shape index (κ3) is 5.61. The average molecular weight is 903 g/mol. The second-order valence-corrected chi connectivity index (χ2v) is 21.6. The average Bonchev–Trinajstić information content (AvgIpc) is 3.99. The van der Waals surface area contributed by atoms with Crippen LogP contribution >= 0.6 is 11.3 Å². The number of hydrogen-bond acceptors (Lipinski definition) is 3. The number of aryl methyl sites for hydroxylation is 2. The maximum Gasteiger partial charge on any atom is 0.264 e. The lowest BCUT2D eigenvalue weighted by Gasteiger charge is -2.43. The minimum atomic E-state index is -0.418. The summed E-state index contributed by atoms with van der Waals surface area (Å²) >= 11 is 2.01. The molecule has 330 valence electrons. The number of benzene rings is 9. The van der Waals surface area contributed by atoms with Crippen LogP contribution in [0.15, 0.2) is 188 Å². The molecular formula is C65H51BN2S. The molecule has 0 radical (unpaired) electrons. The highest BCUT2D eigenvalue weighted by Crippen LogP contribution is 2.64. The predicted octanol–water partition coefficient (Wildman–Crippen LogP) is 15.9. The molecule has 10 aromatic rings. The lowest BCUT2D eigenvalue weighted by atomic mass is 9.36. The number of thiophene rings is 1. The van der Waals surface area contributed by atoms with Gasteiger partial charge in [-0.3, -0.25) is 0 Å². The Morgan fingerprint density at radius 3 is 1.68 bits per heavy atom. The van der Waals surface area contributed by atoms with Crippen molar-refractivity contribution in [1.29, 1.82) is 0 Å². The summed E-state index contributed by atoms with van der Waals surface area (Å²) in [4.78, 5) is 5.20. The minimum Gasteiger partial charge on any atom is -0.311 e. The minimum absolute atomic E-state index is 0.0202. The van der Waals surface area contributed by atoms with Crippen molar-refractivity contribution in [3.8, 4) is 33.4 Å². The number of rotatable bonds is 5. The molecule has 4 aliphatic rings. The second kappa shape index (κ2) is 14.8. The molecule has 2 aliphatic heterocycles. The molecule has 0 atom stereocenters. The van der Waals surface area contributed by atoms with Gasteiger partial charge in [-0.15, -0.1) is 11.3 Å². The summed E-state index contributed by atoms with van der Waals surface area (Å²) in [5, 5.41) is 1.31. The second-order valence-electron chi connectivity index (χ2n) is 20.6. The van der Waals surface area contributed by atoms with Gasteiger partial charge in [-0.1, -0.05) is 167 Å². The van der Waals surface area contributed by atoms with E-state index < -0.39 is 5.41 Å². The molecule has 0 amide bonds. The summed E-state index contributed by atoms with van der Waals surface area (Å²) in [6.45, 7) is 13.7. The van der Waals surface area contributed by atoms with Crippen molar-refractivity contribution in [2.24, 2.45) is 0 Å². The highest BCUT2D eigenvalue weighted by atomic mass is 32.1. The quantitative estimate of drug-likeness (QED) is 0.159. The first-order valence-corrected chi connectivity index (χ1v) is 25.6. The maximum atomic E-state index is 2.64. The van der Waals surface area contributed by atoms with Crippen LogP contribution in [0.2, 0.25) is 0 Å². The Kier molecular flexibility index (Phi) is 8.72. The van der Waals surface area contributed by atoms with Crippen LogP contribution in [0.3, 0.4) is 0 Å². The van der Waals surface area contributed by atoms with Gasteiger partial charge in [-0.2, -0.15) is 0 Å². The summed E-state index contributed by atoms with van der Waals surface area (Å²) in [5.74, 6) is 0.883. The molecule has 3 heterocycles. The molecule has 2 nitrogen and oxygen atoms in total. The molecule has 1 aromatic heterocycles. The standard InChI is InChI=1S/C65H51BN2S/c1-38(2)42-21-26-46(27-22-42)67-58-35-45(44-14-8-7-9-15-44)25-31-57(58)66-62-59(67)33-41(6)34-60(62)68(47-28-23-43(24-29-47)39(3)4)63-52-36-51-50-30-20-40(5)32-55(50)65(56(51)37-61(52)69-64(63)66)53-18-12-10-16-48(53)49-17-11-13-19-54(49)65/h7-39H,1-6H3. The molecule has 1 spiro atoms. The van der Waals surface area contributed by atoms with Crippen molar-refractivity contribution in [3.05, 3.63) is 233 Å². The van der Waals surface area contributed by atoms with Crippen molar-refractivity contribution in [2.75, 3.05) is 9.80 Å². The van der Waals surface area contributed by atoms with Crippen molar-refractivity contribution >= 4 is 78.0 Å². The topological polar surface area (TPSA) is 6.48 Å². The zero-order chi connectivity index (χ0) is 46.4. The van der Waals surface area contributed by atoms with Gasteiger partial charge in [-0.25, -0.2) is 0 Å². The first kappa shape index (κ1) is 40.7. The molecule has 4 heteroatoms. The van der Waals surface area contributed by atoms with Crippen molar-refractivity contribution < 1.29 is 0 Å². The van der Waals surface area contributed by atoms with Crippen molar-refractivity contribution in [1.82, 2.24) is 0 Å². The fourth-order valence-electron chi connectivity index (χ4n) is 12.7. The lowest BCUT2D eigenvalue weighted by molar-refractivity contribution is 0.794. The third-order valence-corrected chi connectivity index (χ3v) is 17.1. The van der Waals surface area contributed by atoms with Crippen LogP contribution in [0, 0.1) is 13.8 Å². The summed E-state index contributed by atoms with van der Waals surface area (Å²) in [5.41, 5.74) is 28.3. The van der Waals surface area contributed by atoms with Crippen molar-refractivity contribution in [3.63, 3.8) is 0 Å². The molecule has 14 rings (SSSR count). The molecular weight excluding hydrogens is 852 g/mol. The van der Waals surface area contributed by atoms with Crippen LogP contribution in [0.25, 0.3) is 43.5 Å². The fraction of sp³-hybridized carbons (Fsp3) is 0.138. The number of nitrogens with zero attached hydrogens (tertiary/aromatic N) is 2. The van der Waals surface area contributed by atoms with E-state index in [1.54, 1.807) is 0 Å². The Labute approximate surface area is 410 Å². The largest absolute Gasteiger partial charge is 0.311 e. The molecule has 0 N–H and O–H groups in total. The van der Waals surface area contributed by atoms with Gasteiger partial charge < -0.3 is 9.80 Å². The summed E-state index contributed by atoms with van der Waals surface area (Å²) in [6, 6.07) is 72.6. The Hall–Kier alpha value is -7.40. The van der Waals surface area contributed by atoms with E-state index in [-0.39, 0.29) is 6.71 Å². The molecule has 9 aromatic carbocycles. The zero-order valence-electron chi connectivity index (χ0n) is 39.9. The Morgan fingerprint density at radius 2 is 1.03 bits per heavy atom. The van der Waals surface area contributed by atoms with Gasteiger partial charge in [0.05, 0.1) is 11.1 Å². The highest BCUT2D eigenvalue weighted by molar-refractivity contribution is 7.33. The molecule has 0 saturated carbocycles. The van der Waals surface area contributed by atoms with Gasteiger partial charge in [0.2, 0.25) is 0 Å². The number of anilines is 6.